The highest BCUT2D eigenvalue weighted by atomic mass is 16.5. The largest absolute Gasteiger partial charge is 0.479 e. The van der Waals surface area contributed by atoms with E-state index in [2.05, 4.69) is 19.1 Å². The molecule has 0 radical (unpaired) electrons. The van der Waals surface area contributed by atoms with E-state index in [0.717, 1.165) is 45.1 Å². The molecule has 5 nitrogen and oxygen atoms in total. The highest BCUT2D eigenvalue weighted by molar-refractivity contribution is 5.71. The first-order chi connectivity index (χ1) is 12.5. The summed E-state index contributed by atoms with van der Waals surface area (Å²) in [5, 5.41) is 28.1. The topological polar surface area (TPSA) is 87.0 Å². The molecule has 2 aliphatic rings. The van der Waals surface area contributed by atoms with Crippen LogP contribution in [0.25, 0.3) is 0 Å². The second-order valence-corrected chi connectivity index (χ2v) is 7.70. The Morgan fingerprint density at radius 3 is 2.77 bits per heavy atom. The van der Waals surface area contributed by atoms with Crippen LogP contribution >= 0.6 is 0 Å². The number of carboxylic acid groups (broad SMARTS) is 1. The lowest BCUT2D eigenvalue weighted by atomic mass is 9.84. The molecule has 26 heavy (non-hydrogen) atoms. The van der Waals surface area contributed by atoms with Gasteiger partial charge in [0.1, 0.15) is 0 Å². The van der Waals surface area contributed by atoms with E-state index < -0.39 is 12.1 Å². The summed E-state index contributed by atoms with van der Waals surface area (Å²) in [6.45, 7) is 2.99. The van der Waals surface area contributed by atoms with Crippen molar-refractivity contribution in [1.82, 2.24) is 0 Å². The van der Waals surface area contributed by atoms with Crippen molar-refractivity contribution < 1.29 is 24.9 Å². The van der Waals surface area contributed by atoms with Crippen molar-refractivity contribution in [2.24, 2.45) is 17.8 Å². The molecular formula is C21H34O5. The van der Waals surface area contributed by atoms with Gasteiger partial charge in [0.05, 0.1) is 18.8 Å². The van der Waals surface area contributed by atoms with Crippen molar-refractivity contribution >= 4 is 5.97 Å². The number of aliphatic hydroxyl groups is 2. The summed E-state index contributed by atoms with van der Waals surface area (Å²) in [7, 11) is 0. The number of carboxylic acids is 1. The second kappa shape index (κ2) is 10.9. The maximum Gasteiger partial charge on any atom is 0.332 e. The van der Waals surface area contributed by atoms with E-state index in [9.17, 15) is 15.0 Å². The first kappa shape index (κ1) is 21.1. The molecule has 1 heterocycles. The summed E-state index contributed by atoms with van der Waals surface area (Å²) in [6.07, 6.45) is 13.9. The number of hydrogen-bond acceptors (Lipinski definition) is 4. The minimum absolute atomic E-state index is 0.249. The van der Waals surface area contributed by atoms with E-state index in [1.54, 1.807) is 0 Å². The van der Waals surface area contributed by atoms with Gasteiger partial charge in [-0.3, -0.25) is 0 Å². The van der Waals surface area contributed by atoms with Gasteiger partial charge in [0, 0.05) is 5.92 Å². The van der Waals surface area contributed by atoms with Gasteiger partial charge >= 0.3 is 5.97 Å². The monoisotopic (exact) mass is 366 g/mol. The number of hydrogen-bond donors (Lipinski definition) is 3. The third kappa shape index (κ3) is 6.22. The Balaban J connectivity index is 1.79. The van der Waals surface area contributed by atoms with Crippen molar-refractivity contribution in [2.45, 2.75) is 76.6 Å². The van der Waals surface area contributed by atoms with Gasteiger partial charge in [-0.2, -0.15) is 0 Å². The summed E-state index contributed by atoms with van der Waals surface area (Å²) in [5.74, 6) is 0.282. The third-order valence-electron chi connectivity index (χ3n) is 5.71. The molecule has 0 aromatic carbocycles. The average Bonchev–Trinajstić information content (AvgIpc) is 3.21. The van der Waals surface area contributed by atoms with E-state index >= 15 is 0 Å². The maximum atomic E-state index is 10.6. The van der Waals surface area contributed by atoms with E-state index in [1.165, 1.54) is 0 Å². The second-order valence-electron chi connectivity index (χ2n) is 7.70. The van der Waals surface area contributed by atoms with Crippen molar-refractivity contribution in [3.63, 3.8) is 0 Å². The fourth-order valence-electron chi connectivity index (χ4n) is 4.16. The summed E-state index contributed by atoms with van der Waals surface area (Å²) in [5.41, 5.74) is 0. The van der Waals surface area contributed by atoms with Crippen LogP contribution in [0.5, 0.6) is 0 Å². The van der Waals surface area contributed by atoms with E-state index in [-0.39, 0.29) is 18.6 Å². The number of aliphatic hydroxyl groups excluding tert-OH is 2. The molecule has 0 spiro atoms. The van der Waals surface area contributed by atoms with Gasteiger partial charge in [-0.05, 0) is 43.9 Å². The Bertz CT molecular complexity index is 487. The molecule has 0 aromatic heterocycles. The highest BCUT2D eigenvalue weighted by Crippen LogP contribution is 2.47. The van der Waals surface area contributed by atoms with E-state index in [0.29, 0.717) is 24.2 Å². The summed E-state index contributed by atoms with van der Waals surface area (Å²) in [6, 6.07) is 0. The molecule has 1 aliphatic carbocycles. The fraction of sp³-hybridized carbons (Fsp3) is 0.762. The summed E-state index contributed by atoms with van der Waals surface area (Å²) >= 11 is 0. The molecule has 5 heteroatoms. The van der Waals surface area contributed by atoms with Gasteiger partial charge in [-0.1, -0.05) is 50.5 Å². The van der Waals surface area contributed by atoms with Crippen LogP contribution < -0.4 is 0 Å². The molecule has 2 rings (SSSR count). The predicted molar refractivity (Wildman–Crippen MR) is 101 cm³/mol. The lowest BCUT2D eigenvalue weighted by Crippen LogP contribution is -2.27. The number of rotatable bonds is 12. The molecule has 1 aliphatic heterocycles. The minimum Gasteiger partial charge on any atom is -0.479 e. The number of carbonyl (C=O) groups is 1. The first-order valence-corrected chi connectivity index (χ1v) is 10.1. The average molecular weight is 366 g/mol. The molecule has 1 saturated heterocycles. The minimum atomic E-state index is -1.28. The van der Waals surface area contributed by atoms with Crippen LogP contribution in [0.15, 0.2) is 24.3 Å². The van der Waals surface area contributed by atoms with Crippen LogP contribution in [-0.2, 0) is 9.53 Å². The van der Waals surface area contributed by atoms with Crippen LogP contribution in [0.2, 0.25) is 0 Å². The Morgan fingerprint density at radius 1 is 1.23 bits per heavy atom. The molecule has 6 atom stereocenters. The Labute approximate surface area is 156 Å². The number of allylic oxidation sites excluding steroid dienone is 2. The standard InChI is InChI=1S/C21H34O5/c1-2-3-5-8-16(22)11-12-18-17(15-13-20(18)26-14-15)9-6-4-7-10-19(23)21(24)25/h4,6,11-12,15-20,22-23H,2-3,5,7-10,13-14H2,1H3,(H,24,25)/b6-4-,12-11+/t15-,16+,17+,18-,19?,20-/m1/s1. The van der Waals surface area contributed by atoms with Crippen molar-refractivity contribution in [3.8, 4) is 0 Å². The Kier molecular flexibility index (Phi) is 8.82. The number of unbranched alkanes of at least 4 members (excludes halogenated alkanes) is 2. The van der Waals surface area contributed by atoms with Gasteiger partial charge in [0.15, 0.2) is 6.10 Å². The van der Waals surface area contributed by atoms with Crippen LogP contribution in [0.1, 0.15) is 58.3 Å². The van der Waals surface area contributed by atoms with Crippen LogP contribution in [-0.4, -0.2) is 46.2 Å². The molecule has 1 unspecified atom stereocenters. The molecule has 2 bridgehead atoms. The van der Waals surface area contributed by atoms with Crippen LogP contribution in [0, 0.1) is 17.8 Å². The fourth-order valence-corrected chi connectivity index (χ4v) is 4.16. The zero-order valence-corrected chi connectivity index (χ0v) is 15.8. The maximum absolute atomic E-state index is 10.6. The van der Waals surface area contributed by atoms with Gasteiger partial charge in [0.25, 0.3) is 0 Å². The summed E-state index contributed by atoms with van der Waals surface area (Å²) < 4.78 is 5.86. The number of fused-ring (bicyclic) bond motifs is 2. The molecular weight excluding hydrogens is 332 g/mol. The van der Waals surface area contributed by atoms with Gasteiger partial charge in [-0.15, -0.1) is 0 Å². The quantitative estimate of drug-likeness (QED) is 0.364. The first-order valence-electron chi connectivity index (χ1n) is 10.1. The molecule has 0 amide bonds. The van der Waals surface area contributed by atoms with E-state index in [4.69, 9.17) is 9.84 Å². The van der Waals surface area contributed by atoms with Crippen molar-refractivity contribution in [1.29, 1.82) is 0 Å². The van der Waals surface area contributed by atoms with Crippen molar-refractivity contribution in [3.05, 3.63) is 24.3 Å². The van der Waals surface area contributed by atoms with Gasteiger partial charge in [-0.25, -0.2) is 4.79 Å². The molecule has 2 fully saturated rings. The van der Waals surface area contributed by atoms with Crippen molar-refractivity contribution in [2.75, 3.05) is 6.61 Å². The van der Waals surface area contributed by atoms with Gasteiger partial charge in [0.2, 0.25) is 0 Å². The zero-order valence-electron chi connectivity index (χ0n) is 15.8. The Morgan fingerprint density at radius 2 is 2.04 bits per heavy atom. The smallest absolute Gasteiger partial charge is 0.332 e. The highest BCUT2D eigenvalue weighted by Gasteiger charge is 2.46. The normalized spacial score (nSPS) is 30.4. The van der Waals surface area contributed by atoms with Gasteiger partial charge < -0.3 is 20.1 Å². The lowest BCUT2D eigenvalue weighted by molar-refractivity contribution is -0.146. The third-order valence-corrected chi connectivity index (χ3v) is 5.71. The molecule has 3 N–H and O–H groups in total. The number of aliphatic carboxylic acids is 1. The lowest BCUT2D eigenvalue weighted by Gasteiger charge is -2.28. The SMILES string of the molecule is CCCCC[C@H](O)/C=C/[C@@H]1[C@@H](C/C=C\CCC(O)C(=O)O)[C@H]2CO[C@@H]1C2. The zero-order chi connectivity index (χ0) is 18.9. The molecule has 1 saturated carbocycles. The number of ether oxygens (including phenoxy) is 1. The van der Waals surface area contributed by atoms with Crippen LogP contribution in [0.3, 0.4) is 0 Å². The molecule has 148 valence electrons. The summed E-state index contributed by atoms with van der Waals surface area (Å²) in [4.78, 5) is 10.6. The van der Waals surface area contributed by atoms with Crippen LogP contribution in [0.4, 0.5) is 0 Å². The predicted octanol–water partition coefficient (Wildman–Crippen LogP) is 3.31. The molecule has 0 aromatic rings. The van der Waals surface area contributed by atoms with E-state index in [1.807, 2.05) is 12.2 Å². The Hall–Kier alpha value is -1.17.